The highest BCUT2D eigenvalue weighted by Gasteiger charge is 2.18. The lowest BCUT2D eigenvalue weighted by Crippen LogP contribution is -2.22. The highest BCUT2D eigenvalue weighted by Crippen LogP contribution is 2.24. The SMILES string of the molecule is CN(Cc1nccn1C)c1c(F)cccc1C(=O)O. The quantitative estimate of drug-likeness (QED) is 0.915. The van der Waals surface area contributed by atoms with Crippen LogP contribution < -0.4 is 4.90 Å². The minimum Gasteiger partial charge on any atom is -0.478 e. The van der Waals surface area contributed by atoms with Crippen LogP contribution in [0.15, 0.2) is 30.6 Å². The lowest BCUT2D eigenvalue weighted by atomic mass is 10.1. The number of aryl methyl sites for hydroxylation is 1. The Balaban J connectivity index is 2.36. The van der Waals surface area contributed by atoms with Crippen LogP contribution >= 0.6 is 0 Å². The fraction of sp³-hybridized carbons (Fsp3) is 0.231. The number of anilines is 1. The molecule has 0 unspecified atom stereocenters. The van der Waals surface area contributed by atoms with Crippen LogP contribution in [0.3, 0.4) is 0 Å². The predicted molar refractivity (Wildman–Crippen MR) is 68.7 cm³/mol. The Bertz CT molecular complexity index is 610. The Labute approximate surface area is 109 Å². The number of imidazole rings is 1. The van der Waals surface area contributed by atoms with Gasteiger partial charge in [-0.25, -0.2) is 14.2 Å². The van der Waals surface area contributed by atoms with Gasteiger partial charge >= 0.3 is 5.97 Å². The number of nitrogens with zero attached hydrogens (tertiary/aromatic N) is 3. The van der Waals surface area contributed by atoms with Crippen molar-refractivity contribution in [2.45, 2.75) is 6.54 Å². The Morgan fingerprint density at radius 1 is 1.53 bits per heavy atom. The first-order valence-corrected chi connectivity index (χ1v) is 5.70. The monoisotopic (exact) mass is 263 g/mol. The molecular formula is C13H14FN3O2. The number of carboxylic acid groups (broad SMARTS) is 1. The molecular weight excluding hydrogens is 249 g/mol. The van der Waals surface area contributed by atoms with Crippen LogP contribution in [0.1, 0.15) is 16.2 Å². The van der Waals surface area contributed by atoms with E-state index in [1.54, 1.807) is 28.9 Å². The maximum absolute atomic E-state index is 13.9. The Morgan fingerprint density at radius 3 is 2.84 bits per heavy atom. The summed E-state index contributed by atoms with van der Waals surface area (Å²) >= 11 is 0. The van der Waals surface area contributed by atoms with Gasteiger partial charge in [0.2, 0.25) is 0 Å². The molecule has 1 aromatic heterocycles. The molecule has 0 aliphatic carbocycles. The summed E-state index contributed by atoms with van der Waals surface area (Å²) in [5, 5.41) is 9.11. The van der Waals surface area contributed by atoms with E-state index in [0.717, 1.165) is 5.82 Å². The first-order chi connectivity index (χ1) is 9.00. The molecule has 0 amide bonds. The van der Waals surface area contributed by atoms with E-state index in [0.29, 0.717) is 6.54 Å². The van der Waals surface area contributed by atoms with Gasteiger partial charge in [-0.05, 0) is 12.1 Å². The van der Waals surface area contributed by atoms with Gasteiger partial charge in [-0.15, -0.1) is 0 Å². The van der Waals surface area contributed by atoms with Gasteiger partial charge in [0.25, 0.3) is 0 Å². The summed E-state index contributed by atoms with van der Waals surface area (Å²) in [6.07, 6.45) is 3.42. The van der Waals surface area contributed by atoms with Gasteiger partial charge in [0.1, 0.15) is 11.6 Å². The predicted octanol–water partition coefficient (Wildman–Crippen LogP) is 1.89. The molecule has 0 aliphatic rings. The minimum absolute atomic E-state index is 0.0586. The molecule has 1 heterocycles. The van der Waals surface area contributed by atoms with Gasteiger partial charge < -0.3 is 14.6 Å². The molecule has 6 heteroatoms. The molecule has 0 radical (unpaired) electrons. The third-order valence-electron chi connectivity index (χ3n) is 2.90. The summed E-state index contributed by atoms with van der Waals surface area (Å²) in [6.45, 7) is 0.324. The summed E-state index contributed by atoms with van der Waals surface area (Å²) in [4.78, 5) is 16.8. The van der Waals surface area contributed by atoms with Gasteiger partial charge in [-0.2, -0.15) is 0 Å². The number of benzene rings is 1. The number of aromatic nitrogens is 2. The Kier molecular flexibility index (Phi) is 3.50. The van der Waals surface area contributed by atoms with Crippen LogP contribution in [0.4, 0.5) is 10.1 Å². The number of hydrogen-bond acceptors (Lipinski definition) is 3. The van der Waals surface area contributed by atoms with Gasteiger partial charge in [0.15, 0.2) is 0 Å². The van der Waals surface area contributed by atoms with E-state index < -0.39 is 11.8 Å². The number of aromatic carboxylic acids is 1. The molecule has 100 valence electrons. The van der Waals surface area contributed by atoms with Crippen molar-refractivity contribution in [3.63, 3.8) is 0 Å². The average Bonchev–Trinajstić information content (AvgIpc) is 2.74. The van der Waals surface area contributed by atoms with E-state index in [9.17, 15) is 9.18 Å². The zero-order valence-corrected chi connectivity index (χ0v) is 10.7. The molecule has 0 saturated carbocycles. The molecule has 0 spiro atoms. The van der Waals surface area contributed by atoms with Crippen molar-refractivity contribution in [2.75, 3.05) is 11.9 Å². The molecule has 0 aliphatic heterocycles. The van der Waals surface area contributed by atoms with Crippen molar-refractivity contribution in [1.82, 2.24) is 9.55 Å². The molecule has 2 rings (SSSR count). The highest BCUT2D eigenvalue weighted by atomic mass is 19.1. The van der Waals surface area contributed by atoms with E-state index in [1.165, 1.54) is 18.2 Å². The zero-order valence-electron chi connectivity index (χ0n) is 10.7. The Hall–Kier alpha value is -2.37. The van der Waals surface area contributed by atoms with Gasteiger partial charge in [-0.1, -0.05) is 6.07 Å². The maximum Gasteiger partial charge on any atom is 0.337 e. The molecule has 1 aromatic carbocycles. The van der Waals surface area contributed by atoms with Gasteiger partial charge in [0.05, 0.1) is 17.8 Å². The summed E-state index contributed by atoms with van der Waals surface area (Å²) in [5.74, 6) is -0.986. The smallest absolute Gasteiger partial charge is 0.337 e. The first kappa shape index (κ1) is 13.1. The number of carboxylic acids is 1. The van der Waals surface area contributed by atoms with Gasteiger partial charge in [-0.3, -0.25) is 0 Å². The van der Waals surface area contributed by atoms with Crippen molar-refractivity contribution in [1.29, 1.82) is 0 Å². The van der Waals surface area contributed by atoms with Crippen LogP contribution in [0.2, 0.25) is 0 Å². The highest BCUT2D eigenvalue weighted by molar-refractivity contribution is 5.94. The summed E-state index contributed by atoms with van der Waals surface area (Å²) < 4.78 is 15.7. The summed E-state index contributed by atoms with van der Waals surface area (Å²) in [5.41, 5.74) is 0.00899. The third kappa shape index (κ3) is 2.57. The second-order valence-corrected chi connectivity index (χ2v) is 4.25. The van der Waals surface area contributed by atoms with E-state index in [-0.39, 0.29) is 11.3 Å². The van der Waals surface area contributed by atoms with Gasteiger partial charge in [0, 0.05) is 26.5 Å². The lowest BCUT2D eigenvalue weighted by Gasteiger charge is -2.21. The van der Waals surface area contributed by atoms with E-state index in [1.807, 2.05) is 7.05 Å². The van der Waals surface area contributed by atoms with Crippen LogP contribution in [-0.2, 0) is 13.6 Å². The average molecular weight is 263 g/mol. The largest absolute Gasteiger partial charge is 0.478 e. The maximum atomic E-state index is 13.9. The summed E-state index contributed by atoms with van der Waals surface area (Å²) in [6, 6.07) is 4.02. The minimum atomic E-state index is -1.15. The molecule has 0 saturated heterocycles. The van der Waals surface area contributed by atoms with E-state index in [2.05, 4.69) is 4.98 Å². The second kappa shape index (κ2) is 5.09. The van der Waals surface area contributed by atoms with E-state index >= 15 is 0 Å². The van der Waals surface area contributed by atoms with Crippen LogP contribution in [0, 0.1) is 5.82 Å². The third-order valence-corrected chi connectivity index (χ3v) is 2.90. The van der Waals surface area contributed by atoms with Crippen molar-refractivity contribution in [3.8, 4) is 0 Å². The lowest BCUT2D eigenvalue weighted by molar-refractivity contribution is 0.0697. The molecule has 0 bridgehead atoms. The summed E-state index contributed by atoms with van der Waals surface area (Å²) in [7, 11) is 3.47. The normalized spacial score (nSPS) is 10.5. The molecule has 0 fully saturated rings. The van der Waals surface area contributed by atoms with Crippen molar-refractivity contribution in [3.05, 3.63) is 47.8 Å². The molecule has 19 heavy (non-hydrogen) atoms. The van der Waals surface area contributed by atoms with E-state index in [4.69, 9.17) is 5.11 Å². The zero-order chi connectivity index (χ0) is 14.0. The standard InChI is InChI=1S/C13H14FN3O2/c1-16-7-6-15-11(16)8-17(2)12-9(13(18)19)4-3-5-10(12)14/h3-7H,8H2,1-2H3,(H,18,19). The second-order valence-electron chi connectivity index (χ2n) is 4.25. The fourth-order valence-electron chi connectivity index (χ4n) is 1.92. The Morgan fingerprint density at radius 2 is 2.26 bits per heavy atom. The first-order valence-electron chi connectivity index (χ1n) is 5.70. The van der Waals surface area contributed by atoms with Crippen molar-refractivity contribution >= 4 is 11.7 Å². The fourth-order valence-corrected chi connectivity index (χ4v) is 1.92. The van der Waals surface area contributed by atoms with Crippen LogP contribution in [-0.4, -0.2) is 27.7 Å². The van der Waals surface area contributed by atoms with Crippen molar-refractivity contribution in [2.24, 2.45) is 7.05 Å². The number of carbonyl (C=O) groups is 1. The molecule has 1 N–H and O–H groups in total. The van der Waals surface area contributed by atoms with Crippen LogP contribution in [0.25, 0.3) is 0 Å². The number of para-hydroxylation sites is 1. The number of hydrogen-bond donors (Lipinski definition) is 1. The molecule has 2 aromatic rings. The van der Waals surface area contributed by atoms with Crippen molar-refractivity contribution < 1.29 is 14.3 Å². The topological polar surface area (TPSA) is 58.4 Å². The molecule has 5 nitrogen and oxygen atoms in total. The number of rotatable bonds is 4. The number of halogens is 1. The molecule has 0 atom stereocenters. The van der Waals surface area contributed by atoms with Crippen LogP contribution in [0.5, 0.6) is 0 Å².